The predicted molar refractivity (Wildman–Crippen MR) is 79.8 cm³/mol. The van der Waals surface area contributed by atoms with Crippen molar-refractivity contribution in [1.82, 2.24) is 0 Å². The van der Waals surface area contributed by atoms with Gasteiger partial charge in [0.05, 0.1) is 0 Å². The first-order valence-corrected chi connectivity index (χ1v) is 6.62. The smallest absolute Gasteiger partial charge is 0.0184 e. The first-order chi connectivity index (χ1) is 8.83. The Morgan fingerprint density at radius 3 is 1.78 bits per heavy atom. The summed E-state index contributed by atoms with van der Waals surface area (Å²) < 4.78 is 0. The van der Waals surface area contributed by atoms with Crippen molar-refractivity contribution in [3.05, 3.63) is 72.3 Å². The third-order valence-electron chi connectivity index (χ3n) is 3.29. The van der Waals surface area contributed by atoms with Crippen molar-refractivity contribution < 1.29 is 0 Å². The second-order valence-electron chi connectivity index (χ2n) is 4.57. The van der Waals surface area contributed by atoms with Gasteiger partial charge in [-0.15, -0.1) is 6.58 Å². The summed E-state index contributed by atoms with van der Waals surface area (Å²) in [7, 11) is 0. The lowest BCUT2D eigenvalue weighted by molar-refractivity contribution is 1.00. The molecule has 0 spiro atoms. The standard InChI is InChI=1S/C18H20/c1-3-5-6-16-9-13-18(14-10-16)17-11-7-15(4-2)8-12-17/h3,7-14H,1,4-6H2,2H3. The molecule has 0 fully saturated rings. The Balaban J connectivity index is 2.14. The summed E-state index contributed by atoms with van der Waals surface area (Å²) in [5, 5.41) is 0. The molecule has 0 atom stereocenters. The molecule has 0 nitrogen and oxygen atoms in total. The molecule has 2 aromatic carbocycles. The van der Waals surface area contributed by atoms with E-state index in [1.165, 1.54) is 22.3 Å². The van der Waals surface area contributed by atoms with E-state index < -0.39 is 0 Å². The minimum Gasteiger partial charge on any atom is -0.103 e. The number of allylic oxidation sites excluding steroid dienone is 1. The van der Waals surface area contributed by atoms with Gasteiger partial charge in [0.1, 0.15) is 0 Å². The molecular weight excluding hydrogens is 216 g/mol. The molecule has 18 heavy (non-hydrogen) atoms. The predicted octanol–water partition coefficient (Wildman–Crippen LogP) is 5.03. The maximum Gasteiger partial charge on any atom is -0.0184 e. The highest BCUT2D eigenvalue weighted by molar-refractivity contribution is 5.63. The number of hydrogen-bond acceptors (Lipinski definition) is 0. The maximum absolute atomic E-state index is 3.76. The van der Waals surface area contributed by atoms with Crippen LogP contribution in [0.4, 0.5) is 0 Å². The zero-order valence-corrected chi connectivity index (χ0v) is 11.0. The van der Waals surface area contributed by atoms with E-state index in [9.17, 15) is 0 Å². The quantitative estimate of drug-likeness (QED) is 0.638. The van der Waals surface area contributed by atoms with Crippen LogP contribution in [0.15, 0.2) is 61.2 Å². The van der Waals surface area contributed by atoms with Crippen LogP contribution < -0.4 is 0 Å². The molecule has 2 aromatic rings. The lowest BCUT2D eigenvalue weighted by Crippen LogP contribution is -1.85. The van der Waals surface area contributed by atoms with E-state index in [-0.39, 0.29) is 0 Å². The zero-order valence-electron chi connectivity index (χ0n) is 11.0. The summed E-state index contributed by atoms with van der Waals surface area (Å²) in [4.78, 5) is 0. The molecule has 0 aliphatic carbocycles. The molecule has 0 heterocycles. The Hall–Kier alpha value is -1.82. The zero-order chi connectivity index (χ0) is 12.8. The fraction of sp³-hybridized carbons (Fsp3) is 0.222. The minimum absolute atomic E-state index is 1.05. The molecule has 0 amide bonds. The van der Waals surface area contributed by atoms with Gasteiger partial charge < -0.3 is 0 Å². The Labute approximate surface area is 110 Å². The third-order valence-corrected chi connectivity index (χ3v) is 3.29. The van der Waals surface area contributed by atoms with Gasteiger partial charge in [-0.1, -0.05) is 61.5 Å². The van der Waals surface area contributed by atoms with Crippen molar-refractivity contribution in [2.24, 2.45) is 0 Å². The highest BCUT2D eigenvalue weighted by atomic mass is 14.0. The second kappa shape index (κ2) is 6.20. The lowest BCUT2D eigenvalue weighted by Gasteiger charge is -2.05. The Morgan fingerprint density at radius 1 is 0.833 bits per heavy atom. The van der Waals surface area contributed by atoms with Crippen LogP contribution in [-0.4, -0.2) is 0 Å². The van der Waals surface area contributed by atoms with Crippen molar-refractivity contribution in [1.29, 1.82) is 0 Å². The molecule has 0 radical (unpaired) electrons. The largest absolute Gasteiger partial charge is 0.103 e. The van der Waals surface area contributed by atoms with Crippen molar-refractivity contribution >= 4 is 0 Å². The summed E-state index contributed by atoms with van der Waals surface area (Å²) in [6, 6.07) is 17.7. The second-order valence-corrected chi connectivity index (χ2v) is 4.57. The van der Waals surface area contributed by atoms with E-state index in [1.807, 2.05) is 6.08 Å². The maximum atomic E-state index is 3.76. The Kier molecular flexibility index (Phi) is 4.35. The average Bonchev–Trinajstić information content (AvgIpc) is 2.46. The van der Waals surface area contributed by atoms with Crippen LogP contribution in [0, 0.1) is 0 Å². The van der Waals surface area contributed by atoms with Crippen LogP contribution in [0.2, 0.25) is 0 Å². The van der Waals surface area contributed by atoms with Gasteiger partial charge in [-0.05, 0) is 41.5 Å². The summed E-state index contributed by atoms with van der Waals surface area (Å²) in [5.41, 5.74) is 5.35. The first-order valence-electron chi connectivity index (χ1n) is 6.62. The van der Waals surface area contributed by atoms with Crippen LogP contribution in [0.5, 0.6) is 0 Å². The summed E-state index contributed by atoms with van der Waals surface area (Å²) in [5.74, 6) is 0. The van der Waals surface area contributed by atoms with Crippen molar-refractivity contribution in [2.75, 3.05) is 0 Å². The van der Waals surface area contributed by atoms with Crippen molar-refractivity contribution in [3.63, 3.8) is 0 Å². The highest BCUT2D eigenvalue weighted by Crippen LogP contribution is 2.21. The van der Waals surface area contributed by atoms with Crippen LogP contribution in [-0.2, 0) is 12.8 Å². The molecule has 0 saturated heterocycles. The van der Waals surface area contributed by atoms with Crippen LogP contribution in [0.1, 0.15) is 24.5 Å². The first kappa shape index (κ1) is 12.6. The molecule has 0 heteroatoms. The molecular formula is C18H20. The molecule has 0 aliphatic rings. The van der Waals surface area contributed by atoms with E-state index >= 15 is 0 Å². The van der Waals surface area contributed by atoms with E-state index in [1.54, 1.807) is 0 Å². The molecule has 0 aromatic heterocycles. The molecule has 0 unspecified atom stereocenters. The average molecular weight is 236 g/mol. The molecule has 0 aliphatic heterocycles. The molecule has 2 rings (SSSR count). The molecule has 92 valence electrons. The normalized spacial score (nSPS) is 10.3. The van der Waals surface area contributed by atoms with Gasteiger partial charge in [0.15, 0.2) is 0 Å². The van der Waals surface area contributed by atoms with Crippen LogP contribution in [0.3, 0.4) is 0 Å². The van der Waals surface area contributed by atoms with E-state index in [0.29, 0.717) is 0 Å². The fourth-order valence-corrected chi connectivity index (χ4v) is 2.07. The van der Waals surface area contributed by atoms with E-state index in [2.05, 4.69) is 62.0 Å². The Bertz CT molecular complexity index is 489. The summed E-state index contributed by atoms with van der Waals surface area (Å²) in [6.45, 7) is 5.94. The molecule has 0 N–H and O–H groups in total. The topological polar surface area (TPSA) is 0 Å². The third kappa shape index (κ3) is 3.10. The van der Waals surface area contributed by atoms with Crippen LogP contribution in [0.25, 0.3) is 11.1 Å². The van der Waals surface area contributed by atoms with Gasteiger partial charge >= 0.3 is 0 Å². The SMILES string of the molecule is C=CCCc1ccc(-c2ccc(CC)cc2)cc1. The lowest BCUT2D eigenvalue weighted by atomic mass is 10.0. The van der Waals surface area contributed by atoms with Gasteiger partial charge in [-0.2, -0.15) is 0 Å². The molecule has 0 bridgehead atoms. The number of rotatable bonds is 5. The molecule has 0 saturated carbocycles. The fourth-order valence-electron chi connectivity index (χ4n) is 2.07. The number of benzene rings is 2. The van der Waals surface area contributed by atoms with Crippen molar-refractivity contribution in [2.45, 2.75) is 26.2 Å². The van der Waals surface area contributed by atoms with Crippen LogP contribution >= 0.6 is 0 Å². The van der Waals surface area contributed by atoms with Gasteiger partial charge in [0.25, 0.3) is 0 Å². The number of aryl methyl sites for hydroxylation is 2. The minimum atomic E-state index is 1.05. The van der Waals surface area contributed by atoms with Gasteiger partial charge in [0.2, 0.25) is 0 Å². The van der Waals surface area contributed by atoms with E-state index in [4.69, 9.17) is 0 Å². The van der Waals surface area contributed by atoms with Gasteiger partial charge in [-0.25, -0.2) is 0 Å². The van der Waals surface area contributed by atoms with Gasteiger partial charge in [0, 0.05) is 0 Å². The number of hydrogen-bond donors (Lipinski definition) is 0. The Morgan fingerprint density at radius 2 is 1.33 bits per heavy atom. The van der Waals surface area contributed by atoms with Crippen molar-refractivity contribution in [3.8, 4) is 11.1 Å². The summed E-state index contributed by atoms with van der Waals surface area (Å²) in [6.07, 6.45) is 5.20. The summed E-state index contributed by atoms with van der Waals surface area (Å²) >= 11 is 0. The monoisotopic (exact) mass is 236 g/mol. The van der Waals surface area contributed by atoms with E-state index in [0.717, 1.165) is 19.3 Å². The van der Waals surface area contributed by atoms with Gasteiger partial charge in [-0.3, -0.25) is 0 Å². The highest BCUT2D eigenvalue weighted by Gasteiger charge is 1.98.